The molecule has 0 bridgehead atoms. The molecule has 0 atom stereocenters. The van der Waals surface area contributed by atoms with Gasteiger partial charge in [0.15, 0.2) is 0 Å². The highest BCUT2D eigenvalue weighted by Gasteiger charge is 2.39. The van der Waals surface area contributed by atoms with Crippen LogP contribution < -0.4 is 10.0 Å². The van der Waals surface area contributed by atoms with Gasteiger partial charge in [-0.1, -0.05) is 18.2 Å². The fraction of sp³-hybridized carbons (Fsp3) is 0.125. The number of alkyl halides is 3. The molecule has 0 spiro atoms. The van der Waals surface area contributed by atoms with Crippen LogP contribution in [0.15, 0.2) is 47.4 Å². The van der Waals surface area contributed by atoms with Crippen LogP contribution in [0.1, 0.15) is 21.5 Å². The molecule has 0 radical (unpaired) electrons. The average Bonchev–Trinajstić information content (AvgIpc) is 2.78. The molecule has 6 nitrogen and oxygen atoms in total. The molecule has 1 heterocycles. The SMILES string of the molecule is NS(=O)(=O)c1ccc2c(c1)C(=O)C(=O)N2Cc1ccccc1C(F)(F)F. The number of halogens is 3. The van der Waals surface area contributed by atoms with Crippen molar-refractivity contribution >= 4 is 27.4 Å². The number of amides is 1. The fourth-order valence-electron chi connectivity index (χ4n) is 2.72. The highest BCUT2D eigenvalue weighted by molar-refractivity contribution is 7.89. The molecule has 10 heteroatoms. The number of benzene rings is 2. The Morgan fingerprint density at radius 1 is 1.04 bits per heavy atom. The third-order valence-electron chi connectivity index (χ3n) is 3.92. The molecule has 1 aliphatic heterocycles. The average molecular weight is 384 g/mol. The van der Waals surface area contributed by atoms with Crippen molar-refractivity contribution in [2.24, 2.45) is 5.14 Å². The van der Waals surface area contributed by atoms with E-state index in [1.54, 1.807) is 0 Å². The number of fused-ring (bicyclic) bond motifs is 1. The fourth-order valence-corrected chi connectivity index (χ4v) is 3.26. The summed E-state index contributed by atoms with van der Waals surface area (Å²) in [4.78, 5) is 24.8. The maximum atomic E-state index is 13.1. The molecule has 0 saturated carbocycles. The summed E-state index contributed by atoms with van der Waals surface area (Å²) in [6.07, 6.45) is -4.62. The van der Waals surface area contributed by atoms with Crippen molar-refractivity contribution < 1.29 is 31.2 Å². The summed E-state index contributed by atoms with van der Waals surface area (Å²) < 4.78 is 62.2. The topological polar surface area (TPSA) is 97.5 Å². The second kappa shape index (κ2) is 5.92. The molecule has 1 amide bonds. The van der Waals surface area contributed by atoms with E-state index in [2.05, 4.69) is 0 Å². The lowest BCUT2D eigenvalue weighted by Gasteiger charge is -2.20. The lowest BCUT2D eigenvalue weighted by molar-refractivity contribution is -0.138. The van der Waals surface area contributed by atoms with Crippen molar-refractivity contribution in [2.45, 2.75) is 17.6 Å². The van der Waals surface area contributed by atoms with Crippen LogP contribution in [0.25, 0.3) is 0 Å². The summed E-state index contributed by atoms with van der Waals surface area (Å²) in [5.41, 5.74) is -1.30. The van der Waals surface area contributed by atoms with Crippen LogP contribution in [0.2, 0.25) is 0 Å². The van der Waals surface area contributed by atoms with Gasteiger partial charge in [-0.2, -0.15) is 13.2 Å². The van der Waals surface area contributed by atoms with Gasteiger partial charge in [0.05, 0.1) is 28.3 Å². The van der Waals surface area contributed by atoms with Crippen LogP contribution >= 0.6 is 0 Å². The number of hydrogen-bond acceptors (Lipinski definition) is 4. The Bertz CT molecular complexity index is 1030. The van der Waals surface area contributed by atoms with Crippen LogP contribution in [0.5, 0.6) is 0 Å². The molecule has 0 aromatic heterocycles. The standard InChI is InChI=1S/C16H11F3N2O4S/c17-16(18,19)12-4-2-1-3-9(12)8-21-13-6-5-10(26(20,24)25)7-11(13)14(22)15(21)23/h1-7H,8H2,(H2,20,24,25). The first kappa shape index (κ1) is 18.1. The Morgan fingerprint density at radius 2 is 1.69 bits per heavy atom. The number of carbonyl (C=O) groups excluding carboxylic acids is 2. The number of carbonyl (C=O) groups is 2. The number of nitrogens with zero attached hydrogens (tertiary/aromatic N) is 1. The molecule has 136 valence electrons. The van der Waals surface area contributed by atoms with Crippen LogP contribution in [0.3, 0.4) is 0 Å². The Morgan fingerprint density at radius 3 is 2.31 bits per heavy atom. The van der Waals surface area contributed by atoms with Gasteiger partial charge < -0.3 is 4.90 Å². The highest BCUT2D eigenvalue weighted by Crippen LogP contribution is 2.36. The van der Waals surface area contributed by atoms with Crippen LogP contribution in [-0.2, 0) is 27.5 Å². The van der Waals surface area contributed by atoms with E-state index in [-0.39, 0.29) is 21.7 Å². The number of anilines is 1. The first-order chi connectivity index (χ1) is 12.0. The zero-order chi connectivity index (χ0) is 19.3. The van der Waals surface area contributed by atoms with E-state index in [9.17, 15) is 31.2 Å². The molecule has 0 saturated heterocycles. The normalized spacial score (nSPS) is 14.7. The van der Waals surface area contributed by atoms with E-state index >= 15 is 0 Å². The molecule has 2 N–H and O–H groups in total. The molecular formula is C16H11F3N2O4S. The van der Waals surface area contributed by atoms with E-state index in [1.807, 2.05) is 0 Å². The molecule has 0 fully saturated rings. The van der Waals surface area contributed by atoms with Gasteiger partial charge in [0, 0.05) is 0 Å². The molecule has 0 unspecified atom stereocenters. The van der Waals surface area contributed by atoms with Gasteiger partial charge in [-0.05, 0) is 29.8 Å². The van der Waals surface area contributed by atoms with Gasteiger partial charge in [0.1, 0.15) is 0 Å². The van der Waals surface area contributed by atoms with E-state index in [0.29, 0.717) is 0 Å². The van der Waals surface area contributed by atoms with Crippen molar-refractivity contribution in [1.29, 1.82) is 0 Å². The summed E-state index contributed by atoms with van der Waals surface area (Å²) in [7, 11) is -4.10. The minimum absolute atomic E-state index is 0.0318. The number of sulfonamides is 1. The summed E-state index contributed by atoms with van der Waals surface area (Å²) >= 11 is 0. The molecule has 2 aromatic rings. The number of nitrogens with two attached hydrogens (primary N) is 1. The smallest absolute Gasteiger partial charge is 0.300 e. The van der Waals surface area contributed by atoms with E-state index < -0.39 is 40.0 Å². The zero-order valence-corrected chi connectivity index (χ0v) is 13.8. The van der Waals surface area contributed by atoms with Gasteiger partial charge in [-0.25, -0.2) is 13.6 Å². The highest BCUT2D eigenvalue weighted by atomic mass is 32.2. The Labute approximate surface area is 146 Å². The van der Waals surface area contributed by atoms with Crippen molar-refractivity contribution in [3.8, 4) is 0 Å². The first-order valence-electron chi connectivity index (χ1n) is 7.18. The monoisotopic (exact) mass is 384 g/mol. The van der Waals surface area contributed by atoms with E-state index in [0.717, 1.165) is 23.1 Å². The first-order valence-corrected chi connectivity index (χ1v) is 8.73. The Balaban J connectivity index is 2.05. The van der Waals surface area contributed by atoms with Gasteiger partial charge in [0.2, 0.25) is 10.0 Å². The van der Waals surface area contributed by atoms with Gasteiger partial charge in [-0.15, -0.1) is 0 Å². The maximum Gasteiger partial charge on any atom is 0.416 e. The van der Waals surface area contributed by atoms with Gasteiger partial charge in [0.25, 0.3) is 11.7 Å². The van der Waals surface area contributed by atoms with Gasteiger partial charge in [-0.3, -0.25) is 9.59 Å². The lowest BCUT2D eigenvalue weighted by atomic mass is 10.1. The summed E-state index contributed by atoms with van der Waals surface area (Å²) in [5, 5.41) is 4.99. The molecule has 1 aliphatic rings. The summed E-state index contributed by atoms with van der Waals surface area (Å²) in [5.74, 6) is -2.04. The van der Waals surface area contributed by atoms with E-state index in [4.69, 9.17) is 5.14 Å². The minimum Gasteiger partial charge on any atom is -0.300 e. The maximum absolute atomic E-state index is 13.1. The molecule has 2 aromatic carbocycles. The third kappa shape index (κ3) is 3.08. The number of hydrogen-bond donors (Lipinski definition) is 1. The number of rotatable bonds is 3. The van der Waals surface area contributed by atoms with Crippen LogP contribution in [0.4, 0.5) is 18.9 Å². The number of ketones is 1. The number of primary sulfonamides is 1. The minimum atomic E-state index is -4.62. The predicted molar refractivity (Wildman–Crippen MR) is 84.8 cm³/mol. The molecule has 3 rings (SSSR count). The number of Topliss-reactive ketones (excluding diaryl/α,β-unsaturated/α-hetero) is 1. The zero-order valence-electron chi connectivity index (χ0n) is 12.9. The lowest BCUT2D eigenvalue weighted by Crippen LogP contribution is -2.30. The van der Waals surface area contributed by atoms with Crippen LogP contribution in [0, 0.1) is 0 Å². The van der Waals surface area contributed by atoms with Crippen molar-refractivity contribution in [3.05, 3.63) is 59.2 Å². The summed E-state index contributed by atoms with van der Waals surface area (Å²) in [6, 6.07) is 7.89. The van der Waals surface area contributed by atoms with Gasteiger partial charge >= 0.3 is 6.18 Å². The Hall–Kier alpha value is -2.72. The summed E-state index contributed by atoms with van der Waals surface area (Å²) in [6.45, 7) is -0.484. The van der Waals surface area contributed by atoms with Crippen molar-refractivity contribution in [1.82, 2.24) is 0 Å². The Kier molecular flexibility index (Phi) is 4.12. The molecule has 0 aliphatic carbocycles. The largest absolute Gasteiger partial charge is 0.416 e. The molecular weight excluding hydrogens is 373 g/mol. The quantitative estimate of drug-likeness (QED) is 0.820. The van der Waals surface area contributed by atoms with E-state index in [1.165, 1.54) is 24.3 Å². The second-order valence-corrected chi connectivity index (χ2v) is 7.16. The van der Waals surface area contributed by atoms with Crippen molar-refractivity contribution in [3.63, 3.8) is 0 Å². The van der Waals surface area contributed by atoms with Crippen LogP contribution in [-0.4, -0.2) is 20.1 Å². The predicted octanol–water partition coefficient (Wildman–Crippen LogP) is 2.08. The second-order valence-electron chi connectivity index (χ2n) is 5.60. The molecule has 26 heavy (non-hydrogen) atoms. The third-order valence-corrected chi connectivity index (χ3v) is 4.83. The van der Waals surface area contributed by atoms with Crippen molar-refractivity contribution in [2.75, 3.05) is 4.90 Å².